The average Bonchev–Trinajstić information content (AvgIpc) is 2.85. The number of nitrogens with one attached hydrogen (secondary N) is 1. The Bertz CT molecular complexity index is 458. The third kappa shape index (κ3) is 3.04. The second kappa shape index (κ2) is 6.89. The molecule has 0 bridgehead atoms. The van der Waals surface area contributed by atoms with Gasteiger partial charge in [0.05, 0.1) is 0 Å². The molecule has 1 amide bonds. The van der Waals surface area contributed by atoms with Crippen molar-refractivity contribution in [2.45, 2.75) is 51.6 Å². The summed E-state index contributed by atoms with van der Waals surface area (Å²) in [7, 11) is 1.94. The molecule has 2 unspecified atom stereocenters. The summed E-state index contributed by atoms with van der Waals surface area (Å²) in [6.45, 7) is 5.25. The zero-order valence-electron chi connectivity index (χ0n) is 12.9. The summed E-state index contributed by atoms with van der Waals surface area (Å²) in [6, 6.07) is 8.82. The van der Waals surface area contributed by atoms with Gasteiger partial charge in [-0.05, 0) is 57.8 Å². The van der Waals surface area contributed by atoms with Crippen LogP contribution in [0, 0.1) is 0 Å². The van der Waals surface area contributed by atoms with E-state index in [1.807, 2.05) is 25.2 Å². The highest BCUT2D eigenvalue weighted by Gasteiger charge is 2.34. The quantitative estimate of drug-likeness (QED) is 0.895. The minimum Gasteiger partial charge on any atom is -0.333 e. The molecule has 1 aromatic rings. The molecule has 3 heteroatoms. The zero-order chi connectivity index (χ0) is 14.5. The van der Waals surface area contributed by atoms with Gasteiger partial charge in [0, 0.05) is 17.6 Å². The number of hydrogen-bond donors (Lipinski definition) is 1. The van der Waals surface area contributed by atoms with Gasteiger partial charge in [-0.1, -0.05) is 25.1 Å². The minimum absolute atomic E-state index is 0.216. The van der Waals surface area contributed by atoms with Crippen molar-refractivity contribution in [1.29, 1.82) is 0 Å². The topological polar surface area (TPSA) is 32.3 Å². The van der Waals surface area contributed by atoms with E-state index < -0.39 is 0 Å². The van der Waals surface area contributed by atoms with Crippen LogP contribution in [0.2, 0.25) is 0 Å². The Kier molecular flexibility index (Phi) is 5.18. The number of benzene rings is 1. The SMILES string of the molecule is CCC1CCC(C)N1C(=O)c1ccccc1CCNC. The molecular formula is C17H26N2O. The van der Waals surface area contributed by atoms with E-state index in [1.165, 1.54) is 0 Å². The van der Waals surface area contributed by atoms with Crippen molar-refractivity contribution in [3.63, 3.8) is 0 Å². The van der Waals surface area contributed by atoms with Crippen molar-refractivity contribution >= 4 is 5.91 Å². The first-order valence-electron chi connectivity index (χ1n) is 7.74. The summed E-state index contributed by atoms with van der Waals surface area (Å²) in [6.07, 6.45) is 4.22. The van der Waals surface area contributed by atoms with Gasteiger partial charge >= 0.3 is 0 Å². The number of carbonyl (C=O) groups excluding carboxylic acids is 1. The Hall–Kier alpha value is -1.35. The Morgan fingerprint density at radius 2 is 2.10 bits per heavy atom. The zero-order valence-corrected chi connectivity index (χ0v) is 12.9. The molecule has 110 valence electrons. The molecule has 0 spiro atoms. The van der Waals surface area contributed by atoms with Crippen LogP contribution in [0.3, 0.4) is 0 Å². The lowest BCUT2D eigenvalue weighted by Crippen LogP contribution is -2.40. The van der Waals surface area contributed by atoms with Gasteiger partial charge in [-0.15, -0.1) is 0 Å². The Morgan fingerprint density at radius 1 is 1.35 bits per heavy atom. The van der Waals surface area contributed by atoms with Crippen LogP contribution >= 0.6 is 0 Å². The van der Waals surface area contributed by atoms with E-state index in [-0.39, 0.29) is 5.91 Å². The Morgan fingerprint density at radius 3 is 2.80 bits per heavy atom. The van der Waals surface area contributed by atoms with Gasteiger partial charge in [-0.25, -0.2) is 0 Å². The van der Waals surface area contributed by atoms with E-state index in [4.69, 9.17) is 0 Å². The lowest BCUT2D eigenvalue weighted by atomic mass is 10.0. The van der Waals surface area contributed by atoms with E-state index in [9.17, 15) is 4.79 Å². The maximum absolute atomic E-state index is 12.9. The lowest BCUT2D eigenvalue weighted by Gasteiger charge is -2.29. The number of rotatable bonds is 5. The summed E-state index contributed by atoms with van der Waals surface area (Å²) < 4.78 is 0. The molecule has 1 aliphatic heterocycles. The standard InChI is InChI=1S/C17H26N2O/c1-4-15-10-9-13(2)19(15)17(20)16-8-6-5-7-14(16)11-12-18-3/h5-8,13,15,18H,4,9-12H2,1-3H3. The first-order valence-corrected chi connectivity index (χ1v) is 7.74. The van der Waals surface area contributed by atoms with Crippen LogP contribution in [-0.4, -0.2) is 36.5 Å². The van der Waals surface area contributed by atoms with E-state index in [0.29, 0.717) is 12.1 Å². The number of likely N-dealkylation sites (N-methyl/N-ethyl adjacent to an activating group) is 1. The largest absolute Gasteiger partial charge is 0.333 e. The van der Waals surface area contributed by atoms with Gasteiger partial charge in [0.25, 0.3) is 5.91 Å². The van der Waals surface area contributed by atoms with Crippen LogP contribution in [0.5, 0.6) is 0 Å². The lowest BCUT2D eigenvalue weighted by molar-refractivity contribution is 0.0675. The first kappa shape index (κ1) is 15.0. The maximum atomic E-state index is 12.9. The van der Waals surface area contributed by atoms with Crippen molar-refractivity contribution in [1.82, 2.24) is 10.2 Å². The molecule has 20 heavy (non-hydrogen) atoms. The van der Waals surface area contributed by atoms with Crippen molar-refractivity contribution < 1.29 is 4.79 Å². The van der Waals surface area contributed by atoms with Crippen LogP contribution in [0.15, 0.2) is 24.3 Å². The highest BCUT2D eigenvalue weighted by Crippen LogP contribution is 2.28. The molecular weight excluding hydrogens is 248 g/mol. The van der Waals surface area contributed by atoms with Crippen molar-refractivity contribution in [2.75, 3.05) is 13.6 Å². The fraction of sp³-hybridized carbons (Fsp3) is 0.588. The van der Waals surface area contributed by atoms with Gasteiger partial charge < -0.3 is 10.2 Å². The van der Waals surface area contributed by atoms with Crippen molar-refractivity contribution in [2.24, 2.45) is 0 Å². The average molecular weight is 274 g/mol. The Labute approximate surface area is 122 Å². The predicted molar refractivity (Wildman–Crippen MR) is 83.0 cm³/mol. The van der Waals surface area contributed by atoms with Crippen molar-refractivity contribution in [3.8, 4) is 0 Å². The molecule has 0 radical (unpaired) electrons. The maximum Gasteiger partial charge on any atom is 0.254 e. The molecule has 2 rings (SSSR count). The minimum atomic E-state index is 0.216. The number of amides is 1. The fourth-order valence-corrected chi connectivity index (χ4v) is 3.18. The van der Waals surface area contributed by atoms with Crippen LogP contribution in [0.1, 0.15) is 49.0 Å². The van der Waals surface area contributed by atoms with E-state index in [0.717, 1.165) is 43.4 Å². The Balaban J connectivity index is 2.24. The summed E-state index contributed by atoms with van der Waals surface area (Å²) in [5, 5.41) is 3.16. The molecule has 0 aliphatic carbocycles. The highest BCUT2D eigenvalue weighted by molar-refractivity contribution is 5.96. The number of nitrogens with zero attached hydrogens (tertiary/aromatic N) is 1. The predicted octanol–water partition coefficient (Wildman–Crippen LogP) is 2.85. The highest BCUT2D eigenvalue weighted by atomic mass is 16.2. The third-order valence-electron chi connectivity index (χ3n) is 4.38. The summed E-state index contributed by atoms with van der Waals surface area (Å²) in [4.78, 5) is 15.0. The van der Waals surface area contributed by atoms with E-state index in [1.54, 1.807) is 0 Å². The molecule has 1 aliphatic rings. The second-order valence-corrected chi connectivity index (χ2v) is 5.71. The van der Waals surface area contributed by atoms with Crippen LogP contribution in [-0.2, 0) is 6.42 Å². The fourth-order valence-electron chi connectivity index (χ4n) is 3.18. The van der Waals surface area contributed by atoms with Gasteiger partial charge in [0.1, 0.15) is 0 Å². The van der Waals surface area contributed by atoms with Gasteiger partial charge in [0.2, 0.25) is 0 Å². The summed E-state index contributed by atoms with van der Waals surface area (Å²) in [5.41, 5.74) is 2.04. The number of carbonyl (C=O) groups is 1. The molecule has 1 fully saturated rings. The summed E-state index contributed by atoms with van der Waals surface area (Å²) >= 11 is 0. The molecule has 1 saturated heterocycles. The van der Waals surface area contributed by atoms with Gasteiger partial charge in [0.15, 0.2) is 0 Å². The molecule has 1 N–H and O–H groups in total. The molecule has 0 aromatic heterocycles. The smallest absolute Gasteiger partial charge is 0.254 e. The van der Waals surface area contributed by atoms with Crippen LogP contribution in [0.4, 0.5) is 0 Å². The molecule has 1 aromatic carbocycles. The third-order valence-corrected chi connectivity index (χ3v) is 4.38. The normalized spacial score (nSPS) is 22.2. The van der Waals surface area contributed by atoms with E-state index in [2.05, 4.69) is 30.1 Å². The van der Waals surface area contributed by atoms with Crippen LogP contribution in [0.25, 0.3) is 0 Å². The molecule has 2 atom stereocenters. The number of likely N-dealkylation sites (tertiary alicyclic amines) is 1. The summed E-state index contributed by atoms with van der Waals surface area (Å²) in [5.74, 6) is 0.216. The first-order chi connectivity index (χ1) is 9.69. The van der Waals surface area contributed by atoms with E-state index >= 15 is 0 Å². The van der Waals surface area contributed by atoms with Gasteiger partial charge in [-0.3, -0.25) is 4.79 Å². The van der Waals surface area contributed by atoms with Crippen molar-refractivity contribution in [3.05, 3.63) is 35.4 Å². The monoisotopic (exact) mass is 274 g/mol. The van der Waals surface area contributed by atoms with Gasteiger partial charge in [-0.2, -0.15) is 0 Å². The van der Waals surface area contributed by atoms with Crippen LogP contribution < -0.4 is 5.32 Å². The molecule has 3 nitrogen and oxygen atoms in total. The molecule has 0 saturated carbocycles. The second-order valence-electron chi connectivity index (χ2n) is 5.71. The molecule has 1 heterocycles. The number of hydrogen-bond acceptors (Lipinski definition) is 2.